The second-order valence-corrected chi connectivity index (χ2v) is 7.55. The van der Waals surface area contributed by atoms with Gasteiger partial charge in [-0.25, -0.2) is 4.79 Å². The maximum absolute atomic E-state index is 12.5. The number of hydrogen-bond acceptors (Lipinski definition) is 3. The van der Waals surface area contributed by atoms with Crippen LogP contribution in [-0.2, 0) is 9.53 Å². The Kier molecular flexibility index (Phi) is 5.72. The standard InChI is InChI=1S/C24H20ClNO4/c25-21-12-6-5-11-19(21)22(13-23(27)28)26-24(29)30-14-20-17-9-3-1-7-15(17)16-8-2-4-10-18(16)20/h1-12,20,22H,13-14H2,(H,26,29)(H,27,28)/t22-/m1/s1. The second kappa shape index (κ2) is 8.59. The van der Waals surface area contributed by atoms with E-state index in [1.165, 1.54) is 0 Å². The number of carbonyl (C=O) groups excluding carboxylic acids is 1. The predicted molar refractivity (Wildman–Crippen MR) is 115 cm³/mol. The van der Waals surface area contributed by atoms with Gasteiger partial charge in [-0.15, -0.1) is 0 Å². The van der Waals surface area contributed by atoms with Crippen molar-refractivity contribution in [3.63, 3.8) is 0 Å². The van der Waals surface area contributed by atoms with Crippen LogP contribution in [0, 0.1) is 0 Å². The summed E-state index contributed by atoms with van der Waals surface area (Å²) in [4.78, 5) is 23.8. The minimum atomic E-state index is -1.04. The lowest BCUT2D eigenvalue weighted by molar-refractivity contribution is -0.137. The number of alkyl carbamates (subject to hydrolysis) is 1. The quantitative estimate of drug-likeness (QED) is 0.559. The van der Waals surface area contributed by atoms with Crippen molar-refractivity contribution in [1.29, 1.82) is 0 Å². The lowest BCUT2D eigenvalue weighted by Crippen LogP contribution is -2.31. The minimum absolute atomic E-state index is 0.0682. The maximum Gasteiger partial charge on any atom is 0.407 e. The van der Waals surface area contributed by atoms with Crippen molar-refractivity contribution in [3.8, 4) is 11.1 Å². The average Bonchev–Trinajstić information content (AvgIpc) is 3.06. The number of halogens is 1. The van der Waals surface area contributed by atoms with Crippen LogP contribution in [0.4, 0.5) is 4.79 Å². The van der Waals surface area contributed by atoms with E-state index in [0.29, 0.717) is 10.6 Å². The van der Waals surface area contributed by atoms with Crippen LogP contribution in [0.3, 0.4) is 0 Å². The Bertz CT molecular complexity index is 1050. The molecule has 30 heavy (non-hydrogen) atoms. The zero-order valence-corrected chi connectivity index (χ0v) is 16.8. The van der Waals surface area contributed by atoms with Crippen molar-refractivity contribution < 1.29 is 19.4 Å². The Labute approximate surface area is 179 Å². The Morgan fingerprint density at radius 2 is 1.50 bits per heavy atom. The van der Waals surface area contributed by atoms with Gasteiger partial charge in [0.1, 0.15) is 6.61 Å². The number of benzene rings is 3. The molecule has 0 radical (unpaired) electrons. The van der Waals surface area contributed by atoms with Gasteiger partial charge in [0.2, 0.25) is 0 Å². The monoisotopic (exact) mass is 421 g/mol. The molecule has 4 rings (SSSR count). The molecule has 0 fully saturated rings. The van der Waals surface area contributed by atoms with Crippen LogP contribution < -0.4 is 5.32 Å². The van der Waals surface area contributed by atoms with Gasteiger partial charge in [-0.2, -0.15) is 0 Å². The average molecular weight is 422 g/mol. The molecular formula is C24H20ClNO4. The van der Waals surface area contributed by atoms with E-state index < -0.39 is 18.1 Å². The predicted octanol–water partition coefficient (Wildman–Crippen LogP) is 5.39. The smallest absolute Gasteiger partial charge is 0.407 e. The third-order valence-corrected chi connectivity index (χ3v) is 5.64. The van der Waals surface area contributed by atoms with Gasteiger partial charge in [-0.3, -0.25) is 4.79 Å². The van der Waals surface area contributed by atoms with Crippen molar-refractivity contribution in [2.75, 3.05) is 6.61 Å². The first-order valence-electron chi connectivity index (χ1n) is 9.62. The van der Waals surface area contributed by atoms with Crippen molar-refractivity contribution in [3.05, 3.63) is 94.5 Å². The van der Waals surface area contributed by atoms with Crippen molar-refractivity contribution in [2.24, 2.45) is 0 Å². The lowest BCUT2D eigenvalue weighted by atomic mass is 9.98. The van der Waals surface area contributed by atoms with Gasteiger partial charge >= 0.3 is 12.1 Å². The summed E-state index contributed by atoms with van der Waals surface area (Å²) in [6.07, 6.45) is -0.975. The van der Waals surface area contributed by atoms with Gasteiger partial charge < -0.3 is 15.2 Å². The van der Waals surface area contributed by atoms with Gasteiger partial charge in [-0.05, 0) is 33.9 Å². The summed E-state index contributed by atoms with van der Waals surface area (Å²) in [6, 6.07) is 22.2. The molecule has 152 valence electrons. The summed E-state index contributed by atoms with van der Waals surface area (Å²) in [6.45, 7) is 0.155. The largest absolute Gasteiger partial charge is 0.481 e. The Balaban J connectivity index is 1.49. The Morgan fingerprint density at radius 3 is 2.10 bits per heavy atom. The van der Waals surface area contributed by atoms with Crippen LogP contribution in [0.25, 0.3) is 11.1 Å². The summed E-state index contributed by atoms with van der Waals surface area (Å²) >= 11 is 6.19. The number of hydrogen-bond donors (Lipinski definition) is 2. The van der Waals surface area contributed by atoms with Crippen LogP contribution in [0.15, 0.2) is 72.8 Å². The van der Waals surface area contributed by atoms with E-state index in [0.717, 1.165) is 22.3 Å². The Morgan fingerprint density at radius 1 is 0.933 bits per heavy atom. The molecule has 3 aromatic rings. The molecule has 2 N–H and O–H groups in total. The molecule has 1 aliphatic carbocycles. The van der Waals surface area contributed by atoms with E-state index in [-0.39, 0.29) is 18.9 Å². The zero-order chi connectivity index (χ0) is 21.1. The number of rotatable bonds is 6. The number of nitrogens with one attached hydrogen (secondary N) is 1. The fourth-order valence-corrected chi connectivity index (χ4v) is 4.22. The van der Waals surface area contributed by atoms with Gasteiger partial charge in [0, 0.05) is 10.9 Å². The molecule has 5 nitrogen and oxygen atoms in total. The maximum atomic E-state index is 12.5. The summed E-state index contributed by atoms with van der Waals surface area (Å²) in [5.41, 5.74) is 5.04. The molecule has 0 unspecified atom stereocenters. The molecule has 0 spiro atoms. The molecule has 0 aromatic heterocycles. The SMILES string of the molecule is O=C(O)C[C@@H](NC(=O)OCC1c2ccccc2-c2ccccc21)c1ccccc1Cl. The molecule has 1 aliphatic rings. The number of fused-ring (bicyclic) bond motifs is 3. The van der Waals surface area contributed by atoms with Crippen LogP contribution >= 0.6 is 11.6 Å². The molecule has 0 saturated heterocycles. The van der Waals surface area contributed by atoms with E-state index in [1.807, 2.05) is 36.4 Å². The summed E-state index contributed by atoms with van der Waals surface area (Å²) in [5.74, 6) is -1.11. The topological polar surface area (TPSA) is 75.6 Å². The number of aliphatic carboxylic acids is 1. The third-order valence-electron chi connectivity index (χ3n) is 5.30. The van der Waals surface area contributed by atoms with E-state index in [1.54, 1.807) is 24.3 Å². The van der Waals surface area contributed by atoms with Crippen molar-refractivity contribution >= 4 is 23.7 Å². The highest BCUT2D eigenvalue weighted by molar-refractivity contribution is 6.31. The first kappa shape index (κ1) is 20.0. The fourth-order valence-electron chi connectivity index (χ4n) is 3.95. The molecule has 1 atom stereocenters. The number of carboxylic acids is 1. The van der Waals surface area contributed by atoms with Gasteiger partial charge in [0.25, 0.3) is 0 Å². The molecule has 0 saturated carbocycles. The lowest BCUT2D eigenvalue weighted by Gasteiger charge is -2.20. The molecule has 1 amide bonds. The molecular weight excluding hydrogens is 402 g/mol. The normalized spacial score (nSPS) is 13.2. The van der Waals surface area contributed by atoms with Gasteiger partial charge in [-0.1, -0.05) is 78.3 Å². The molecule has 0 aliphatic heterocycles. The molecule has 0 bridgehead atoms. The van der Waals surface area contributed by atoms with Crippen molar-refractivity contribution in [1.82, 2.24) is 5.32 Å². The van der Waals surface area contributed by atoms with Crippen LogP contribution in [0.1, 0.15) is 35.1 Å². The summed E-state index contributed by atoms with van der Waals surface area (Å²) in [7, 11) is 0. The Hall–Kier alpha value is -3.31. The highest BCUT2D eigenvalue weighted by Gasteiger charge is 2.29. The fraction of sp³-hybridized carbons (Fsp3) is 0.167. The zero-order valence-electron chi connectivity index (χ0n) is 16.0. The minimum Gasteiger partial charge on any atom is -0.481 e. The van der Waals surface area contributed by atoms with Gasteiger partial charge in [0.15, 0.2) is 0 Å². The third kappa shape index (κ3) is 4.02. The van der Waals surface area contributed by atoms with Gasteiger partial charge in [0.05, 0.1) is 12.5 Å². The van der Waals surface area contributed by atoms with Crippen LogP contribution in [-0.4, -0.2) is 23.8 Å². The van der Waals surface area contributed by atoms with E-state index >= 15 is 0 Å². The van der Waals surface area contributed by atoms with E-state index in [2.05, 4.69) is 17.4 Å². The van der Waals surface area contributed by atoms with E-state index in [9.17, 15) is 14.7 Å². The highest BCUT2D eigenvalue weighted by atomic mass is 35.5. The first-order chi connectivity index (χ1) is 14.5. The first-order valence-corrected chi connectivity index (χ1v) is 10.00. The summed E-state index contributed by atoms with van der Waals surface area (Å²) in [5, 5.41) is 12.3. The second-order valence-electron chi connectivity index (χ2n) is 7.14. The number of amides is 1. The molecule has 3 aromatic carbocycles. The summed E-state index contributed by atoms with van der Waals surface area (Å²) < 4.78 is 5.53. The molecule has 0 heterocycles. The number of carboxylic acid groups (broad SMARTS) is 1. The highest BCUT2D eigenvalue weighted by Crippen LogP contribution is 2.44. The van der Waals surface area contributed by atoms with Crippen LogP contribution in [0.5, 0.6) is 0 Å². The van der Waals surface area contributed by atoms with Crippen molar-refractivity contribution in [2.45, 2.75) is 18.4 Å². The van der Waals surface area contributed by atoms with E-state index in [4.69, 9.17) is 16.3 Å². The number of carbonyl (C=O) groups is 2. The molecule has 6 heteroatoms. The number of ether oxygens (including phenoxy) is 1. The van der Waals surface area contributed by atoms with Crippen LogP contribution in [0.2, 0.25) is 5.02 Å².